The highest BCUT2D eigenvalue weighted by Gasteiger charge is 2.39. The molecule has 0 bridgehead atoms. The number of aromatic nitrogens is 1. The van der Waals surface area contributed by atoms with E-state index in [1.807, 2.05) is 0 Å². The topological polar surface area (TPSA) is 216 Å². The van der Waals surface area contributed by atoms with Gasteiger partial charge in [0.05, 0.1) is 17.8 Å². The van der Waals surface area contributed by atoms with Gasteiger partial charge >= 0.3 is 5.97 Å². The number of fused-ring (bicyclic) bond motifs is 2. The highest BCUT2D eigenvalue weighted by molar-refractivity contribution is 7.93. The van der Waals surface area contributed by atoms with Crippen molar-refractivity contribution in [2.45, 2.75) is 31.5 Å². The van der Waals surface area contributed by atoms with E-state index in [-0.39, 0.29) is 71.3 Å². The number of carbonyl (C=O) groups excluding carboxylic acids is 3. The van der Waals surface area contributed by atoms with Crippen LogP contribution in [0.25, 0.3) is 21.7 Å². The summed E-state index contributed by atoms with van der Waals surface area (Å²) in [6.07, 6.45) is -0.290. The number of hydrogen-bond donors (Lipinski definition) is 4. The van der Waals surface area contributed by atoms with Gasteiger partial charge in [-0.15, -0.1) is 24.8 Å². The minimum absolute atomic E-state index is 0. The molecule has 16 heteroatoms. The molecule has 13 nitrogen and oxygen atoms in total. The van der Waals surface area contributed by atoms with Crippen LogP contribution >= 0.6 is 24.8 Å². The maximum Gasteiger partial charge on any atom is 0.350 e. The number of halogens is 2. The van der Waals surface area contributed by atoms with Crippen molar-refractivity contribution in [1.82, 2.24) is 15.6 Å². The zero-order chi connectivity index (χ0) is 33.7. The summed E-state index contributed by atoms with van der Waals surface area (Å²) >= 11 is 0. The number of para-hydroxylation sites is 1. The van der Waals surface area contributed by atoms with Crippen LogP contribution in [0.2, 0.25) is 0 Å². The van der Waals surface area contributed by atoms with Crippen molar-refractivity contribution in [2.75, 3.05) is 10.9 Å². The first-order chi connectivity index (χ1) is 22.5. The van der Waals surface area contributed by atoms with E-state index in [0.29, 0.717) is 27.3 Å². The first-order valence-electron chi connectivity index (χ1n) is 14.6. The standard InChI is InChI=1S/C34H32N6O6S.2ClH.H2O/c1-3-46-34(43)32(39-21(2)41)40(47(44,45)29-11-5-7-23-9-6-18-37-30(23)29)26-16-17-27-25(19-26)8-4-10-28(27)33(42)38-20-22-12-14-24(15-13-22)31(35)36;;;/h4-19,32H,3,20H2,1-2H3,(H3,35,36)(H,38,42)(H,39,41);2*1H;1H2. The van der Waals surface area contributed by atoms with Crippen LogP contribution in [-0.2, 0) is 30.9 Å². The summed E-state index contributed by atoms with van der Waals surface area (Å²) in [6, 6.07) is 24.6. The summed E-state index contributed by atoms with van der Waals surface area (Å²) < 4.78 is 35.0. The van der Waals surface area contributed by atoms with E-state index < -0.39 is 28.1 Å². The summed E-state index contributed by atoms with van der Waals surface area (Å²) in [5.41, 5.74) is 7.45. The average Bonchev–Trinajstić information content (AvgIpc) is 3.06. The smallest absolute Gasteiger partial charge is 0.350 e. The van der Waals surface area contributed by atoms with E-state index in [1.165, 1.54) is 31.3 Å². The average molecular weight is 744 g/mol. The van der Waals surface area contributed by atoms with Crippen LogP contribution in [0.5, 0.6) is 0 Å². The molecule has 1 unspecified atom stereocenters. The SMILES string of the molecule is CCOC(=O)C(NC(C)=O)N(c1ccc2c(C(=O)NCc3ccc(C(=N)N)cc3)cccc2c1)S(=O)(=O)c1cccc2cccnc12.Cl.Cl.O. The lowest BCUT2D eigenvalue weighted by Crippen LogP contribution is -2.55. The monoisotopic (exact) mass is 742 g/mol. The van der Waals surface area contributed by atoms with Gasteiger partial charge in [0.15, 0.2) is 0 Å². The fourth-order valence-corrected chi connectivity index (χ4v) is 6.81. The van der Waals surface area contributed by atoms with Crippen LogP contribution in [0, 0.1) is 5.41 Å². The lowest BCUT2D eigenvalue weighted by Gasteiger charge is -2.31. The van der Waals surface area contributed by atoms with Gasteiger partial charge in [-0.25, -0.2) is 17.5 Å². The van der Waals surface area contributed by atoms with Crippen LogP contribution in [0.4, 0.5) is 5.69 Å². The molecule has 1 heterocycles. The van der Waals surface area contributed by atoms with Gasteiger partial charge in [0.2, 0.25) is 12.1 Å². The third-order valence-corrected chi connectivity index (χ3v) is 9.12. The largest absolute Gasteiger partial charge is 0.463 e. The number of nitrogens with one attached hydrogen (secondary N) is 3. The molecule has 0 spiro atoms. The Morgan fingerprint density at radius 2 is 1.60 bits per heavy atom. The van der Waals surface area contributed by atoms with Crippen LogP contribution < -0.4 is 20.7 Å². The Morgan fingerprint density at radius 3 is 2.26 bits per heavy atom. The maximum absolute atomic E-state index is 14.5. The molecule has 0 radical (unpaired) electrons. The van der Waals surface area contributed by atoms with Gasteiger partial charge in [0.1, 0.15) is 10.7 Å². The number of anilines is 1. The van der Waals surface area contributed by atoms with Crippen LogP contribution in [0.1, 0.15) is 35.3 Å². The van der Waals surface area contributed by atoms with Crippen LogP contribution in [0.15, 0.2) is 102 Å². The molecular formula is C34H36Cl2N6O7S. The van der Waals surface area contributed by atoms with Crippen molar-refractivity contribution in [3.05, 3.63) is 114 Å². The highest BCUT2D eigenvalue weighted by atomic mass is 35.5. The number of nitrogens with zero attached hydrogens (tertiary/aromatic N) is 2. The number of ether oxygens (including phenoxy) is 1. The van der Waals surface area contributed by atoms with Gasteiger partial charge in [-0.3, -0.25) is 20.0 Å². The van der Waals surface area contributed by atoms with Gasteiger partial charge in [-0.2, -0.15) is 0 Å². The Balaban J connectivity index is 0.00000289. The molecule has 5 rings (SSSR count). The number of hydrogen-bond acceptors (Lipinski definition) is 8. The number of nitrogen functional groups attached to an aromatic ring is 1. The Kier molecular flexibility index (Phi) is 14.2. The Hall–Kier alpha value is -5.28. The fourth-order valence-electron chi connectivity index (χ4n) is 5.13. The van der Waals surface area contributed by atoms with Gasteiger partial charge in [-0.05, 0) is 53.6 Å². The van der Waals surface area contributed by atoms with E-state index in [4.69, 9.17) is 15.9 Å². The molecule has 0 fully saturated rings. The van der Waals surface area contributed by atoms with E-state index in [1.54, 1.807) is 79.7 Å². The minimum atomic E-state index is -4.58. The number of rotatable bonds is 11. The molecule has 1 aromatic heterocycles. The summed E-state index contributed by atoms with van der Waals surface area (Å²) in [4.78, 5) is 43.0. The minimum Gasteiger partial charge on any atom is -0.463 e. The molecule has 4 aromatic carbocycles. The third kappa shape index (κ3) is 8.65. The van der Waals surface area contributed by atoms with Gasteiger partial charge in [0, 0.05) is 36.2 Å². The maximum atomic E-state index is 14.5. The molecule has 264 valence electrons. The second-order valence-electron chi connectivity index (χ2n) is 10.5. The molecule has 5 aromatic rings. The summed E-state index contributed by atoms with van der Waals surface area (Å²) in [6.45, 7) is 2.89. The van der Waals surface area contributed by atoms with E-state index in [9.17, 15) is 22.8 Å². The van der Waals surface area contributed by atoms with Gasteiger partial charge in [0.25, 0.3) is 15.9 Å². The lowest BCUT2D eigenvalue weighted by atomic mass is 10.0. The Morgan fingerprint density at radius 1 is 0.940 bits per heavy atom. The molecule has 0 aliphatic carbocycles. The first kappa shape index (κ1) is 40.9. The molecule has 2 amide bonds. The highest BCUT2D eigenvalue weighted by Crippen LogP contribution is 2.33. The lowest BCUT2D eigenvalue weighted by molar-refractivity contribution is -0.146. The number of carbonyl (C=O) groups is 3. The number of amides is 2. The number of esters is 1. The molecule has 7 N–H and O–H groups in total. The second kappa shape index (κ2) is 17.4. The number of sulfonamides is 1. The summed E-state index contributed by atoms with van der Waals surface area (Å²) in [7, 11) is -4.58. The number of nitrogens with two attached hydrogens (primary N) is 1. The second-order valence-corrected chi connectivity index (χ2v) is 12.3. The zero-order valence-electron chi connectivity index (χ0n) is 26.9. The van der Waals surface area contributed by atoms with E-state index in [0.717, 1.165) is 9.87 Å². The molecule has 1 atom stereocenters. The molecule has 0 saturated carbocycles. The number of benzene rings is 4. The van der Waals surface area contributed by atoms with Crippen molar-refractivity contribution in [3.63, 3.8) is 0 Å². The molecule has 50 heavy (non-hydrogen) atoms. The molecule has 0 saturated heterocycles. The molecule has 0 aliphatic rings. The number of amidine groups is 1. The predicted molar refractivity (Wildman–Crippen MR) is 196 cm³/mol. The van der Waals surface area contributed by atoms with Crippen LogP contribution in [0.3, 0.4) is 0 Å². The Labute approximate surface area is 300 Å². The van der Waals surface area contributed by atoms with Crippen molar-refractivity contribution < 1.29 is 33.0 Å². The third-order valence-electron chi connectivity index (χ3n) is 7.30. The van der Waals surface area contributed by atoms with E-state index in [2.05, 4.69) is 15.6 Å². The predicted octanol–water partition coefficient (Wildman–Crippen LogP) is 3.84. The van der Waals surface area contributed by atoms with Crippen LogP contribution in [-0.4, -0.2) is 55.3 Å². The fraction of sp³-hybridized carbons (Fsp3) is 0.147. The molecular weight excluding hydrogens is 707 g/mol. The van der Waals surface area contributed by atoms with Crippen molar-refractivity contribution in [2.24, 2.45) is 5.73 Å². The quantitative estimate of drug-likeness (QED) is 0.0673. The first-order valence-corrected chi connectivity index (χ1v) is 16.0. The van der Waals surface area contributed by atoms with E-state index >= 15 is 0 Å². The normalized spacial score (nSPS) is 11.2. The molecule has 0 aliphatic heterocycles. The van der Waals surface area contributed by atoms with Gasteiger partial charge in [-0.1, -0.05) is 60.7 Å². The van der Waals surface area contributed by atoms with Crippen molar-refractivity contribution >= 4 is 85.8 Å². The number of pyridine rings is 1. The van der Waals surface area contributed by atoms with Gasteiger partial charge < -0.3 is 26.6 Å². The zero-order valence-corrected chi connectivity index (χ0v) is 29.3. The van der Waals surface area contributed by atoms with Crippen molar-refractivity contribution in [3.8, 4) is 0 Å². The summed E-state index contributed by atoms with van der Waals surface area (Å²) in [5.74, 6) is -2.06. The summed E-state index contributed by atoms with van der Waals surface area (Å²) in [5, 5.41) is 14.4. The Bertz CT molecular complexity index is 2130. The van der Waals surface area contributed by atoms with Crippen molar-refractivity contribution in [1.29, 1.82) is 5.41 Å².